The molecule has 0 radical (unpaired) electrons. The Morgan fingerprint density at radius 3 is 2.65 bits per heavy atom. The van der Waals surface area contributed by atoms with Crippen molar-refractivity contribution in [2.75, 3.05) is 13.6 Å². The molecule has 112 valence electrons. The Morgan fingerprint density at radius 1 is 1.35 bits per heavy atom. The lowest BCUT2D eigenvalue weighted by Crippen LogP contribution is -2.47. The summed E-state index contributed by atoms with van der Waals surface area (Å²) in [5.74, 6) is 0. The molecule has 3 nitrogen and oxygen atoms in total. The first-order valence-electron chi connectivity index (χ1n) is 7.16. The number of amides is 2. The van der Waals surface area contributed by atoms with Crippen molar-refractivity contribution in [3.8, 4) is 0 Å². The van der Waals surface area contributed by atoms with Gasteiger partial charge in [0.25, 0.3) is 0 Å². The first-order chi connectivity index (χ1) is 9.36. The van der Waals surface area contributed by atoms with Crippen molar-refractivity contribution in [1.82, 2.24) is 10.2 Å². The second kappa shape index (κ2) is 7.53. The number of nitrogens with one attached hydrogen (secondary N) is 1. The largest absolute Gasteiger partial charge is 0.329 e. The van der Waals surface area contributed by atoms with Crippen LogP contribution < -0.4 is 5.32 Å². The molecule has 0 aliphatic heterocycles. The molecule has 0 aliphatic rings. The van der Waals surface area contributed by atoms with Crippen LogP contribution in [0.15, 0.2) is 24.3 Å². The fourth-order valence-corrected chi connectivity index (χ4v) is 2.20. The van der Waals surface area contributed by atoms with E-state index < -0.39 is 5.54 Å². The number of carbonyl (C=O) groups excluding carboxylic acids is 1. The lowest BCUT2D eigenvalue weighted by molar-refractivity contribution is 0.196. The van der Waals surface area contributed by atoms with Crippen LogP contribution in [0.4, 0.5) is 4.79 Å². The van der Waals surface area contributed by atoms with Crippen molar-refractivity contribution >= 4 is 17.6 Å². The monoisotopic (exact) mass is 296 g/mol. The number of hydrogen-bond donors (Lipinski definition) is 1. The molecule has 0 atom stereocenters. The highest BCUT2D eigenvalue weighted by atomic mass is 35.5. The number of unbranched alkanes of at least 4 members (excludes halogenated alkanes) is 2. The van der Waals surface area contributed by atoms with E-state index in [0.717, 1.165) is 31.4 Å². The van der Waals surface area contributed by atoms with Crippen LogP contribution in [0.25, 0.3) is 0 Å². The number of halogens is 1. The molecule has 0 heterocycles. The van der Waals surface area contributed by atoms with Gasteiger partial charge < -0.3 is 10.2 Å². The molecule has 0 spiro atoms. The highest BCUT2D eigenvalue weighted by Gasteiger charge is 2.24. The molecule has 20 heavy (non-hydrogen) atoms. The summed E-state index contributed by atoms with van der Waals surface area (Å²) >= 11 is 6.01. The van der Waals surface area contributed by atoms with Gasteiger partial charge in [-0.05, 0) is 38.0 Å². The SMILES string of the molecule is CCCCCN(C)C(=O)NC(C)(C)c1cccc(Cl)c1. The molecule has 1 rings (SSSR count). The summed E-state index contributed by atoms with van der Waals surface area (Å²) in [5, 5.41) is 3.74. The zero-order valence-corrected chi connectivity index (χ0v) is 13.6. The Balaban J connectivity index is 2.63. The minimum atomic E-state index is -0.443. The Morgan fingerprint density at radius 2 is 2.05 bits per heavy atom. The number of benzene rings is 1. The van der Waals surface area contributed by atoms with Gasteiger partial charge in [-0.15, -0.1) is 0 Å². The number of nitrogens with zero attached hydrogens (tertiary/aromatic N) is 1. The molecule has 0 aliphatic carbocycles. The maximum atomic E-state index is 12.2. The van der Waals surface area contributed by atoms with E-state index in [1.54, 1.807) is 4.90 Å². The van der Waals surface area contributed by atoms with Gasteiger partial charge in [-0.2, -0.15) is 0 Å². The molecule has 1 aromatic rings. The quantitative estimate of drug-likeness (QED) is 0.775. The molecule has 4 heteroatoms. The highest BCUT2D eigenvalue weighted by Crippen LogP contribution is 2.23. The fourth-order valence-electron chi connectivity index (χ4n) is 2.01. The molecule has 0 saturated heterocycles. The van der Waals surface area contributed by atoms with Gasteiger partial charge in [-0.3, -0.25) is 0 Å². The molecule has 1 aromatic carbocycles. The van der Waals surface area contributed by atoms with E-state index in [-0.39, 0.29) is 6.03 Å². The van der Waals surface area contributed by atoms with Crippen molar-refractivity contribution in [2.45, 2.75) is 45.6 Å². The van der Waals surface area contributed by atoms with Crippen LogP contribution in [0.1, 0.15) is 45.6 Å². The summed E-state index contributed by atoms with van der Waals surface area (Å²) in [6.07, 6.45) is 3.34. The van der Waals surface area contributed by atoms with E-state index in [9.17, 15) is 4.79 Å². The summed E-state index contributed by atoms with van der Waals surface area (Å²) in [7, 11) is 1.83. The molecule has 2 amide bonds. The Labute approximate surface area is 127 Å². The third kappa shape index (κ3) is 5.04. The van der Waals surface area contributed by atoms with E-state index in [1.165, 1.54) is 0 Å². The van der Waals surface area contributed by atoms with Crippen LogP contribution in [0.2, 0.25) is 5.02 Å². The predicted molar refractivity (Wildman–Crippen MR) is 85.2 cm³/mol. The zero-order valence-electron chi connectivity index (χ0n) is 12.9. The number of carbonyl (C=O) groups is 1. The topological polar surface area (TPSA) is 32.3 Å². The maximum absolute atomic E-state index is 12.2. The van der Waals surface area contributed by atoms with Crippen molar-refractivity contribution in [3.05, 3.63) is 34.9 Å². The lowest BCUT2D eigenvalue weighted by atomic mass is 9.94. The zero-order chi connectivity index (χ0) is 15.2. The van der Waals surface area contributed by atoms with Crippen molar-refractivity contribution < 1.29 is 4.79 Å². The second-order valence-corrected chi connectivity index (χ2v) is 6.13. The number of urea groups is 1. The average molecular weight is 297 g/mol. The standard InChI is InChI=1S/C16H25ClN2O/c1-5-6-7-11-19(4)15(20)18-16(2,3)13-9-8-10-14(17)12-13/h8-10,12H,5-7,11H2,1-4H3,(H,18,20). The summed E-state index contributed by atoms with van der Waals surface area (Å²) in [4.78, 5) is 13.9. The average Bonchev–Trinajstić information content (AvgIpc) is 2.38. The summed E-state index contributed by atoms with van der Waals surface area (Å²) < 4.78 is 0. The smallest absolute Gasteiger partial charge is 0.317 e. The van der Waals surface area contributed by atoms with Crippen molar-refractivity contribution in [3.63, 3.8) is 0 Å². The van der Waals surface area contributed by atoms with Gasteiger partial charge in [0.2, 0.25) is 0 Å². The molecule has 0 bridgehead atoms. The summed E-state index contributed by atoms with van der Waals surface area (Å²) in [6, 6.07) is 7.55. The van der Waals surface area contributed by atoms with Gasteiger partial charge in [0.05, 0.1) is 5.54 Å². The summed E-state index contributed by atoms with van der Waals surface area (Å²) in [5.41, 5.74) is 0.557. The van der Waals surface area contributed by atoms with E-state index in [4.69, 9.17) is 11.6 Å². The molecule has 0 fully saturated rings. The molecule has 0 saturated carbocycles. The van der Waals surface area contributed by atoms with E-state index >= 15 is 0 Å². The van der Waals surface area contributed by atoms with Gasteiger partial charge in [0.15, 0.2) is 0 Å². The molecular weight excluding hydrogens is 272 g/mol. The summed E-state index contributed by atoms with van der Waals surface area (Å²) in [6.45, 7) is 6.90. The molecule has 0 unspecified atom stereocenters. The third-order valence-electron chi connectivity index (χ3n) is 3.41. The minimum absolute atomic E-state index is 0.0499. The molecule has 1 N–H and O–H groups in total. The predicted octanol–water partition coefficient (Wildman–Crippen LogP) is 4.41. The van der Waals surface area contributed by atoms with Crippen LogP contribution in [0.5, 0.6) is 0 Å². The number of hydrogen-bond acceptors (Lipinski definition) is 1. The van der Waals surface area contributed by atoms with Crippen molar-refractivity contribution in [2.24, 2.45) is 0 Å². The minimum Gasteiger partial charge on any atom is -0.329 e. The molecular formula is C16H25ClN2O. The number of rotatable bonds is 6. The van der Waals surface area contributed by atoms with Crippen LogP contribution in [-0.4, -0.2) is 24.5 Å². The fraction of sp³-hybridized carbons (Fsp3) is 0.562. The van der Waals surface area contributed by atoms with Crippen LogP contribution in [0.3, 0.4) is 0 Å². The van der Waals surface area contributed by atoms with Gasteiger partial charge in [0.1, 0.15) is 0 Å². The third-order valence-corrected chi connectivity index (χ3v) is 3.64. The second-order valence-electron chi connectivity index (χ2n) is 5.69. The first-order valence-corrected chi connectivity index (χ1v) is 7.54. The van der Waals surface area contributed by atoms with Crippen LogP contribution in [-0.2, 0) is 5.54 Å². The van der Waals surface area contributed by atoms with Crippen LogP contribution in [0, 0.1) is 0 Å². The van der Waals surface area contributed by atoms with E-state index in [2.05, 4.69) is 12.2 Å². The van der Waals surface area contributed by atoms with Gasteiger partial charge in [-0.25, -0.2) is 4.79 Å². The van der Waals surface area contributed by atoms with Gasteiger partial charge in [0, 0.05) is 18.6 Å². The Hall–Kier alpha value is -1.22. The van der Waals surface area contributed by atoms with E-state index in [1.807, 2.05) is 45.2 Å². The lowest BCUT2D eigenvalue weighted by Gasteiger charge is -2.30. The maximum Gasteiger partial charge on any atom is 0.317 e. The normalized spacial score (nSPS) is 11.2. The van der Waals surface area contributed by atoms with E-state index in [0.29, 0.717) is 5.02 Å². The Bertz CT molecular complexity index is 446. The van der Waals surface area contributed by atoms with Crippen molar-refractivity contribution in [1.29, 1.82) is 0 Å². The first kappa shape index (κ1) is 16.8. The van der Waals surface area contributed by atoms with Gasteiger partial charge in [-0.1, -0.05) is 43.5 Å². The van der Waals surface area contributed by atoms with Gasteiger partial charge >= 0.3 is 6.03 Å². The van der Waals surface area contributed by atoms with Crippen LogP contribution >= 0.6 is 11.6 Å². The Kier molecular flexibility index (Phi) is 6.34. The molecule has 0 aromatic heterocycles. The highest BCUT2D eigenvalue weighted by molar-refractivity contribution is 6.30.